The van der Waals surface area contributed by atoms with Crippen LogP contribution in [-0.2, 0) is 4.74 Å². The van der Waals surface area contributed by atoms with E-state index < -0.39 is 5.60 Å². The van der Waals surface area contributed by atoms with Crippen molar-refractivity contribution in [2.75, 3.05) is 25.5 Å². The molecule has 1 heterocycles. The molecule has 1 aliphatic heterocycles. The van der Waals surface area contributed by atoms with Crippen LogP contribution >= 0.6 is 15.9 Å². The average Bonchev–Trinajstić information content (AvgIpc) is 2.74. The van der Waals surface area contributed by atoms with Crippen molar-refractivity contribution in [2.24, 2.45) is 0 Å². The van der Waals surface area contributed by atoms with Gasteiger partial charge in [0.1, 0.15) is 5.60 Å². The predicted octanol–water partition coefficient (Wildman–Crippen LogP) is 0.913. The largest absolute Gasteiger partial charge is 0.398 e. The number of aliphatic hydroxyl groups is 1. The maximum atomic E-state index is 11.9. The molecule has 1 fully saturated rings. The quantitative estimate of drug-likeness (QED) is 0.724. The van der Waals surface area contributed by atoms with E-state index >= 15 is 0 Å². The Morgan fingerprint density at radius 2 is 2.39 bits per heavy atom. The number of hydrogen-bond acceptors (Lipinski definition) is 4. The highest BCUT2D eigenvalue weighted by Gasteiger charge is 2.32. The zero-order chi connectivity index (χ0) is 13.2. The molecule has 0 bridgehead atoms. The Hall–Kier alpha value is -1.11. The van der Waals surface area contributed by atoms with Crippen LogP contribution in [0.25, 0.3) is 0 Å². The Labute approximate surface area is 113 Å². The van der Waals surface area contributed by atoms with Crippen LogP contribution in [-0.4, -0.2) is 36.4 Å². The summed E-state index contributed by atoms with van der Waals surface area (Å²) in [7, 11) is 0. The molecule has 2 rings (SSSR count). The van der Waals surface area contributed by atoms with E-state index in [9.17, 15) is 9.90 Å². The highest BCUT2D eigenvalue weighted by atomic mass is 79.9. The minimum Gasteiger partial charge on any atom is -0.398 e. The number of nitrogen functional groups attached to an aromatic ring is 1. The number of carbonyl (C=O) groups excluding carboxylic acids is 1. The predicted molar refractivity (Wildman–Crippen MR) is 71.3 cm³/mol. The van der Waals surface area contributed by atoms with Crippen LogP contribution in [0.15, 0.2) is 22.7 Å². The lowest BCUT2D eigenvalue weighted by Gasteiger charge is -2.20. The molecule has 1 aromatic rings. The van der Waals surface area contributed by atoms with Gasteiger partial charge in [0.05, 0.1) is 12.2 Å². The number of benzene rings is 1. The van der Waals surface area contributed by atoms with E-state index in [1.165, 1.54) is 0 Å². The molecular formula is C12H15BrN2O3. The maximum absolute atomic E-state index is 11.9. The second-order valence-corrected chi connectivity index (χ2v) is 5.36. The minimum atomic E-state index is -0.959. The molecule has 6 heteroatoms. The van der Waals surface area contributed by atoms with Gasteiger partial charge >= 0.3 is 0 Å². The summed E-state index contributed by atoms with van der Waals surface area (Å²) in [5, 5.41) is 12.7. The Morgan fingerprint density at radius 1 is 1.61 bits per heavy atom. The number of carbonyl (C=O) groups is 1. The number of nitrogens with one attached hydrogen (secondary N) is 1. The van der Waals surface area contributed by atoms with Crippen molar-refractivity contribution in [3.63, 3.8) is 0 Å². The maximum Gasteiger partial charge on any atom is 0.253 e. The summed E-state index contributed by atoms with van der Waals surface area (Å²) in [5.41, 5.74) is 5.61. The summed E-state index contributed by atoms with van der Waals surface area (Å²) in [5.74, 6) is -0.291. The van der Waals surface area contributed by atoms with E-state index in [0.29, 0.717) is 24.3 Å². The molecule has 1 aliphatic rings. The van der Waals surface area contributed by atoms with E-state index in [-0.39, 0.29) is 19.1 Å². The van der Waals surface area contributed by atoms with Crippen LogP contribution in [0.3, 0.4) is 0 Å². The molecule has 1 atom stereocenters. The molecule has 1 saturated heterocycles. The van der Waals surface area contributed by atoms with Gasteiger partial charge in [-0.05, 0) is 18.2 Å². The second-order valence-electron chi connectivity index (χ2n) is 4.44. The molecule has 0 aromatic heterocycles. The van der Waals surface area contributed by atoms with Crippen molar-refractivity contribution in [3.05, 3.63) is 28.2 Å². The van der Waals surface area contributed by atoms with E-state index in [1.54, 1.807) is 18.2 Å². The third-order valence-corrected chi connectivity index (χ3v) is 3.41. The number of ether oxygens (including phenoxy) is 1. The smallest absolute Gasteiger partial charge is 0.253 e. The van der Waals surface area contributed by atoms with Crippen molar-refractivity contribution in [1.29, 1.82) is 0 Å². The Morgan fingerprint density at radius 3 is 3.00 bits per heavy atom. The van der Waals surface area contributed by atoms with E-state index in [2.05, 4.69) is 21.2 Å². The summed E-state index contributed by atoms with van der Waals surface area (Å²) in [6.45, 7) is 0.942. The summed E-state index contributed by atoms with van der Waals surface area (Å²) in [6, 6.07) is 5.06. The number of anilines is 1. The first-order valence-corrected chi connectivity index (χ1v) is 6.43. The van der Waals surface area contributed by atoms with Gasteiger partial charge in [-0.15, -0.1) is 0 Å². The molecule has 0 aliphatic carbocycles. The van der Waals surface area contributed by atoms with Crippen molar-refractivity contribution in [1.82, 2.24) is 5.32 Å². The van der Waals surface area contributed by atoms with Crippen LogP contribution in [0.1, 0.15) is 16.8 Å². The Bertz CT molecular complexity index is 459. The normalized spacial score (nSPS) is 23.0. The first-order chi connectivity index (χ1) is 8.50. The van der Waals surface area contributed by atoms with Gasteiger partial charge in [0, 0.05) is 29.7 Å². The number of hydrogen-bond donors (Lipinski definition) is 3. The van der Waals surface area contributed by atoms with Gasteiger partial charge in [-0.1, -0.05) is 15.9 Å². The van der Waals surface area contributed by atoms with Gasteiger partial charge in [0.15, 0.2) is 0 Å². The Balaban J connectivity index is 1.99. The van der Waals surface area contributed by atoms with Gasteiger partial charge in [-0.2, -0.15) is 0 Å². The highest BCUT2D eigenvalue weighted by Crippen LogP contribution is 2.20. The summed E-state index contributed by atoms with van der Waals surface area (Å²) < 4.78 is 5.92. The van der Waals surface area contributed by atoms with Gasteiger partial charge in [0.2, 0.25) is 0 Å². The fraction of sp³-hybridized carbons (Fsp3) is 0.417. The van der Waals surface area contributed by atoms with Crippen LogP contribution in [0.2, 0.25) is 0 Å². The molecule has 0 radical (unpaired) electrons. The molecule has 0 spiro atoms. The first-order valence-electron chi connectivity index (χ1n) is 5.63. The number of rotatable bonds is 3. The van der Waals surface area contributed by atoms with Crippen LogP contribution in [0.5, 0.6) is 0 Å². The molecule has 18 heavy (non-hydrogen) atoms. The highest BCUT2D eigenvalue weighted by molar-refractivity contribution is 9.10. The first kappa shape index (κ1) is 13.3. The standard InChI is InChI=1S/C12H15BrN2O3/c13-8-1-2-9(10(14)5-8)11(16)15-6-12(17)3-4-18-7-12/h1-2,5,17H,3-4,6-7,14H2,(H,15,16). The van der Waals surface area contributed by atoms with Crippen LogP contribution in [0.4, 0.5) is 5.69 Å². The van der Waals surface area contributed by atoms with Crippen LogP contribution in [0, 0.1) is 0 Å². The third-order valence-electron chi connectivity index (χ3n) is 2.92. The van der Waals surface area contributed by atoms with Crippen LogP contribution < -0.4 is 11.1 Å². The van der Waals surface area contributed by atoms with Gasteiger partial charge in [-0.3, -0.25) is 4.79 Å². The lowest BCUT2D eigenvalue weighted by Crippen LogP contribution is -2.43. The fourth-order valence-corrected chi connectivity index (χ4v) is 2.20. The van der Waals surface area contributed by atoms with E-state index in [4.69, 9.17) is 10.5 Å². The molecule has 1 amide bonds. The van der Waals surface area contributed by atoms with Gasteiger partial charge in [0.25, 0.3) is 5.91 Å². The van der Waals surface area contributed by atoms with Crippen molar-refractivity contribution in [2.45, 2.75) is 12.0 Å². The van der Waals surface area contributed by atoms with Crippen molar-refractivity contribution in [3.8, 4) is 0 Å². The third kappa shape index (κ3) is 3.01. The van der Waals surface area contributed by atoms with Crippen molar-refractivity contribution >= 4 is 27.5 Å². The molecule has 5 nitrogen and oxygen atoms in total. The zero-order valence-corrected chi connectivity index (χ0v) is 11.4. The van der Waals surface area contributed by atoms with E-state index in [0.717, 1.165) is 4.47 Å². The molecule has 98 valence electrons. The Kier molecular flexibility index (Phi) is 3.89. The SMILES string of the molecule is Nc1cc(Br)ccc1C(=O)NCC1(O)CCOC1. The summed E-state index contributed by atoms with van der Waals surface area (Å²) in [4.78, 5) is 11.9. The van der Waals surface area contributed by atoms with E-state index in [1.807, 2.05) is 0 Å². The summed E-state index contributed by atoms with van der Waals surface area (Å²) >= 11 is 3.28. The lowest BCUT2D eigenvalue weighted by atomic mass is 10.0. The number of halogens is 1. The molecule has 4 N–H and O–H groups in total. The average molecular weight is 315 g/mol. The monoisotopic (exact) mass is 314 g/mol. The molecule has 1 unspecified atom stereocenters. The second kappa shape index (κ2) is 5.26. The minimum absolute atomic E-state index is 0.168. The zero-order valence-electron chi connectivity index (χ0n) is 9.78. The molecule has 0 saturated carbocycles. The molecular weight excluding hydrogens is 300 g/mol. The molecule has 1 aromatic carbocycles. The summed E-state index contributed by atoms with van der Waals surface area (Å²) in [6.07, 6.45) is 0.531. The number of nitrogens with two attached hydrogens (primary N) is 1. The van der Waals surface area contributed by atoms with Gasteiger partial charge in [-0.25, -0.2) is 0 Å². The lowest BCUT2D eigenvalue weighted by molar-refractivity contribution is 0.0265. The fourth-order valence-electron chi connectivity index (χ4n) is 1.82. The van der Waals surface area contributed by atoms with Crippen molar-refractivity contribution < 1.29 is 14.6 Å². The topological polar surface area (TPSA) is 84.6 Å². The number of amides is 1. The van der Waals surface area contributed by atoms with Gasteiger partial charge < -0.3 is 20.9 Å².